The first-order chi connectivity index (χ1) is 4.90. The van der Waals surface area contributed by atoms with Crippen LogP contribution < -0.4 is 0 Å². The molecule has 2 bridgehead atoms. The minimum atomic E-state index is 0.815. The fourth-order valence-corrected chi connectivity index (χ4v) is 1.95. The highest BCUT2D eigenvalue weighted by atomic mass is 15.1. The molecule has 0 radical (unpaired) electrons. The fourth-order valence-electron chi connectivity index (χ4n) is 1.95. The number of rotatable bonds is 1. The number of nitrogens with zero attached hydrogens (tertiary/aromatic N) is 3. The summed E-state index contributed by atoms with van der Waals surface area (Å²) in [5, 5.41) is 3.67. The van der Waals surface area contributed by atoms with E-state index in [1.807, 2.05) is 0 Å². The molecule has 3 heteroatoms. The summed E-state index contributed by atoms with van der Waals surface area (Å²) in [4.78, 5) is 2.80. The predicted octanol–water partition coefficient (Wildman–Crippen LogP) is 2.75. The van der Waals surface area contributed by atoms with Crippen LogP contribution in [0.5, 0.6) is 0 Å². The van der Waals surface area contributed by atoms with E-state index in [0.29, 0.717) is 0 Å². The van der Waals surface area contributed by atoms with Gasteiger partial charge in [0.05, 0.1) is 0 Å². The molecule has 0 aromatic heterocycles. The van der Waals surface area contributed by atoms with E-state index in [0.717, 1.165) is 18.0 Å². The summed E-state index contributed by atoms with van der Waals surface area (Å²) in [6.07, 6.45) is 4.74. The van der Waals surface area contributed by atoms with Gasteiger partial charge >= 0.3 is 0 Å². The summed E-state index contributed by atoms with van der Waals surface area (Å²) in [7, 11) is 0. The molecule has 2 aliphatic rings. The Labute approximate surface area is 59.4 Å². The summed E-state index contributed by atoms with van der Waals surface area (Å²) in [6.45, 7) is 0. The van der Waals surface area contributed by atoms with Crippen LogP contribution in [-0.4, -0.2) is 0 Å². The zero-order valence-corrected chi connectivity index (χ0v) is 5.75. The van der Waals surface area contributed by atoms with Crippen LogP contribution in [0.2, 0.25) is 0 Å². The molecule has 0 aromatic carbocycles. The molecule has 0 saturated heterocycles. The molecule has 1 fully saturated rings. The Morgan fingerprint density at radius 2 is 2.40 bits per heavy atom. The molecule has 0 N–H and O–H groups in total. The van der Waals surface area contributed by atoms with Gasteiger partial charge in [-0.25, -0.2) is 0 Å². The first-order valence-corrected chi connectivity index (χ1v) is 3.66. The van der Waals surface area contributed by atoms with Crippen molar-refractivity contribution < 1.29 is 0 Å². The van der Waals surface area contributed by atoms with Crippen molar-refractivity contribution in [1.29, 1.82) is 0 Å². The van der Waals surface area contributed by atoms with E-state index < -0.39 is 0 Å². The maximum absolute atomic E-state index is 8.18. The lowest BCUT2D eigenvalue weighted by molar-refractivity contribution is 0.560. The van der Waals surface area contributed by atoms with Gasteiger partial charge in [-0.1, -0.05) is 10.7 Å². The van der Waals surface area contributed by atoms with Crippen molar-refractivity contribution >= 4 is 0 Å². The van der Waals surface area contributed by atoms with Gasteiger partial charge in [0, 0.05) is 10.6 Å². The second kappa shape index (κ2) is 2.03. The van der Waals surface area contributed by atoms with Crippen molar-refractivity contribution in [3.05, 3.63) is 21.7 Å². The highest BCUT2D eigenvalue weighted by Gasteiger charge is 2.29. The van der Waals surface area contributed by atoms with E-state index in [1.54, 1.807) is 0 Å². The zero-order valence-electron chi connectivity index (χ0n) is 5.75. The number of allylic oxidation sites excluding steroid dienone is 2. The lowest BCUT2D eigenvalue weighted by Crippen LogP contribution is -1.90. The summed E-state index contributed by atoms with van der Waals surface area (Å²) < 4.78 is 0. The van der Waals surface area contributed by atoms with Gasteiger partial charge in [-0.2, -0.15) is 0 Å². The molecular formula is C7H9N3. The molecule has 2 aliphatic carbocycles. The third-order valence-electron chi connectivity index (χ3n) is 2.45. The average molecular weight is 135 g/mol. The van der Waals surface area contributed by atoms with Gasteiger partial charge in [0.2, 0.25) is 0 Å². The van der Waals surface area contributed by atoms with E-state index in [9.17, 15) is 0 Å². The van der Waals surface area contributed by atoms with Gasteiger partial charge in [0.1, 0.15) is 0 Å². The molecule has 1 atom stereocenters. The van der Waals surface area contributed by atoms with Crippen molar-refractivity contribution in [2.45, 2.75) is 25.7 Å². The molecule has 0 amide bonds. The van der Waals surface area contributed by atoms with Crippen molar-refractivity contribution in [3.63, 3.8) is 0 Å². The van der Waals surface area contributed by atoms with Gasteiger partial charge in [0.15, 0.2) is 0 Å². The molecule has 2 rings (SSSR count). The van der Waals surface area contributed by atoms with Crippen LogP contribution in [0.15, 0.2) is 16.4 Å². The van der Waals surface area contributed by atoms with Crippen LogP contribution in [0.25, 0.3) is 10.4 Å². The van der Waals surface area contributed by atoms with Gasteiger partial charge in [-0.05, 0) is 37.1 Å². The molecule has 0 heterocycles. The van der Waals surface area contributed by atoms with E-state index in [1.165, 1.54) is 24.8 Å². The number of azide groups is 1. The van der Waals surface area contributed by atoms with Gasteiger partial charge in [-0.15, -0.1) is 0 Å². The summed E-state index contributed by atoms with van der Waals surface area (Å²) in [6, 6.07) is 0. The Hall–Kier alpha value is -0.950. The molecule has 1 unspecified atom stereocenters. The maximum atomic E-state index is 8.18. The maximum Gasteiger partial charge on any atom is 0.0145 e. The van der Waals surface area contributed by atoms with Crippen LogP contribution in [0.4, 0.5) is 0 Å². The van der Waals surface area contributed by atoms with Crippen LogP contribution in [0.1, 0.15) is 25.7 Å². The van der Waals surface area contributed by atoms with E-state index in [2.05, 4.69) is 10.0 Å². The van der Waals surface area contributed by atoms with Gasteiger partial charge in [0.25, 0.3) is 0 Å². The minimum absolute atomic E-state index is 0.815. The van der Waals surface area contributed by atoms with E-state index >= 15 is 0 Å². The lowest BCUT2D eigenvalue weighted by atomic mass is 10.0. The van der Waals surface area contributed by atoms with Crippen LogP contribution >= 0.6 is 0 Å². The van der Waals surface area contributed by atoms with Crippen molar-refractivity contribution in [2.75, 3.05) is 0 Å². The number of hydrogen-bond donors (Lipinski definition) is 0. The third kappa shape index (κ3) is 0.711. The molecule has 3 nitrogen and oxygen atoms in total. The largest absolute Gasteiger partial charge is 0.0652 e. The third-order valence-corrected chi connectivity index (χ3v) is 2.45. The fraction of sp³-hybridized carbons (Fsp3) is 0.714. The van der Waals surface area contributed by atoms with Gasteiger partial charge in [-0.3, -0.25) is 0 Å². The molecule has 52 valence electrons. The van der Waals surface area contributed by atoms with E-state index in [-0.39, 0.29) is 0 Å². The highest BCUT2D eigenvalue weighted by molar-refractivity contribution is 5.24. The Bertz CT molecular complexity index is 235. The highest BCUT2D eigenvalue weighted by Crippen LogP contribution is 2.44. The standard InChI is InChI=1S/C7H9N3/c8-10-9-7-4-5-1-2-6(7)3-5/h5H,1-4H2. The first-order valence-electron chi connectivity index (χ1n) is 3.66. The van der Waals surface area contributed by atoms with Crippen LogP contribution in [0.3, 0.4) is 0 Å². The average Bonchev–Trinajstić information content (AvgIpc) is 2.48. The normalized spacial score (nSPS) is 29.0. The van der Waals surface area contributed by atoms with Crippen LogP contribution in [-0.2, 0) is 0 Å². The number of fused-ring (bicyclic) bond motifs is 2. The summed E-state index contributed by atoms with van der Waals surface area (Å²) >= 11 is 0. The molecule has 10 heavy (non-hydrogen) atoms. The monoisotopic (exact) mass is 135 g/mol. The molecule has 0 spiro atoms. The van der Waals surface area contributed by atoms with Crippen molar-refractivity contribution in [2.24, 2.45) is 11.0 Å². The Kier molecular flexibility index (Phi) is 1.18. The smallest absolute Gasteiger partial charge is 0.0145 e. The van der Waals surface area contributed by atoms with E-state index in [4.69, 9.17) is 5.53 Å². The second-order valence-corrected chi connectivity index (χ2v) is 3.05. The quantitative estimate of drug-likeness (QED) is 0.301. The Balaban J connectivity index is 2.30. The molecule has 0 aliphatic heterocycles. The van der Waals surface area contributed by atoms with Crippen LogP contribution in [0, 0.1) is 5.92 Å². The predicted molar refractivity (Wildman–Crippen MR) is 38.1 cm³/mol. The zero-order chi connectivity index (χ0) is 6.97. The molecule has 1 saturated carbocycles. The van der Waals surface area contributed by atoms with Crippen molar-refractivity contribution in [1.82, 2.24) is 0 Å². The Morgan fingerprint density at radius 1 is 1.50 bits per heavy atom. The summed E-state index contributed by atoms with van der Waals surface area (Å²) in [5.41, 5.74) is 10.6. The van der Waals surface area contributed by atoms with Crippen molar-refractivity contribution in [3.8, 4) is 0 Å². The Morgan fingerprint density at radius 3 is 2.90 bits per heavy atom. The minimum Gasteiger partial charge on any atom is -0.0652 e. The first kappa shape index (κ1) is 5.81. The molecular weight excluding hydrogens is 126 g/mol. The summed E-state index contributed by atoms with van der Waals surface area (Å²) in [5.74, 6) is 0.815. The topological polar surface area (TPSA) is 48.8 Å². The lowest BCUT2D eigenvalue weighted by Gasteiger charge is -2.05. The number of hydrogen-bond acceptors (Lipinski definition) is 1. The molecule has 0 aromatic rings. The van der Waals surface area contributed by atoms with Gasteiger partial charge < -0.3 is 0 Å². The second-order valence-electron chi connectivity index (χ2n) is 3.05. The SMILES string of the molecule is [N-]=[N+]=NC1=C2CCC(C2)C1.